The Kier molecular flexibility index (Phi) is 67.7. The average molecular weight is 2080 g/mol. The third-order valence-electron chi connectivity index (χ3n) is 27.0. The van der Waals surface area contributed by atoms with Gasteiger partial charge in [-0.3, -0.25) is 24.0 Å². The fourth-order valence-corrected chi connectivity index (χ4v) is 19.8. The monoisotopic (exact) mass is 2080 g/mol. The molecule has 0 aromatic heterocycles. The minimum Gasteiger partial charge on any atom is -0.790 e. The molecule has 0 spiro atoms. The van der Waals surface area contributed by atoms with Crippen molar-refractivity contribution >= 4 is 57.3 Å². The van der Waals surface area contributed by atoms with E-state index < -0.39 is 268 Å². The van der Waals surface area contributed by atoms with Crippen LogP contribution in [0.5, 0.6) is 0 Å². The van der Waals surface area contributed by atoms with Crippen LogP contribution in [0.25, 0.3) is 0 Å². The number of phosphoric ester groups is 2. The number of nitrogens with one attached hydrogen (secondary N) is 2. The number of carboxylic acids is 2. The van der Waals surface area contributed by atoms with Gasteiger partial charge in [-0.05, 0) is 38.5 Å². The minimum absolute atomic E-state index is 0.000469. The van der Waals surface area contributed by atoms with Crippen LogP contribution in [-0.2, 0) is 99.1 Å². The summed E-state index contributed by atoms with van der Waals surface area (Å²) in [5.41, 5.74) is 0. The van der Waals surface area contributed by atoms with Crippen molar-refractivity contribution < 1.29 is 185 Å². The Balaban J connectivity index is 1.96. The number of carbonyl (C=O) groups excluding carboxylic acids is 7. The van der Waals surface area contributed by atoms with Gasteiger partial charge in [0.2, 0.25) is 23.4 Å². The molecule has 0 aliphatic carbocycles. The van der Waals surface area contributed by atoms with Crippen LogP contribution < -0.4 is 40.4 Å². The smallest absolute Gasteiger partial charge is 0.308 e. The molecule has 40 nitrogen and oxygen atoms in total. The van der Waals surface area contributed by atoms with E-state index in [9.17, 15) is 129 Å². The van der Waals surface area contributed by atoms with Crippen LogP contribution in [0.1, 0.15) is 420 Å². The zero-order valence-electron chi connectivity index (χ0n) is 85.3. The molecule has 24 atom stereocenters. The first-order valence-electron chi connectivity index (χ1n) is 53.8. The van der Waals surface area contributed by atoms with Crippen molar-refractivity contribution in [1.82, 2.24) is 10.6 Å². The quantitative estimate of drug-likeness (QED) is 0.0125. The molecule has 42 heteroatoms. The lowest BCUT2D eigenvalue weighted by atomic mass is 9.90. The fraction of sp³-hybridized carbons (Fsp3) is 0.930. The van der Waals surface area contributed by atoms with Crippen LogP contribution in [-0.4, -0.2) is 270 Å². The average Bonchev–Trinajstić information content (AvgIpc) is 0.753. The molecule has 4 aliphatic rings. The van der Waals surface area contributed by atoms with E-state index >= 15 is 0 Å². The molecule has 0 saturated carbocycles. The van der Waals surface area contributed by atoms with E-state index in [0.717, 1.165) is 218 Å². The molecule has 142 heavy (non-hydrogen) atoms. The van der Waals surface area contributed by atoms with Gasteiger partial charge in [-0.15, -0.1) is 0 Å². The number of rotatable bonds is 85. The summed E-state index contributed by atoms with van der Waals surface area (Å²) in [5, 5.41) is 155. The van der Waals surface area contributed by atoms with Crippen LogP contribution in [0.15, 0.2) is 0 Å². The highest BCUT2D eigenvalue weighted by Gasteiger charge is 2.60. The van der Waals surface area contributed by atoms with Crippen LogP contribution in [0.4, 0.5) is 0 Å². The van der Waals surface area contributed by atoms with E-state index in [1.54, 1.807) is 0 Å². The number of unbranched alkanes of at least 4 members (excludes halogenated alkanes) is 44. The maximum Gasteiger partial charge on any atom is 0.308 e. The van der Waals surface area contributed by atoms with Crippen molar-refractivity contribution in [3.05, 3.63) is 0 Å². The number of phosphoric acid groups is 2. The lowest BCUT2D eigenvalue weighted by Crippen LogP contribution is -2.71. The number of ether oxygens (including phenoxy) is 10. The second-order valence-electron chi connectivity index (χ2n) is 39.6. The molecule has 13 N–H and O–H groups in total. The van der Waals surface area contributed by atoms with Gasteiger partial charge >= 0.3 is 17.9 Å². The third kappa shape index (κ3) is 52.5. The van der Waals surface area contributed by atoms with Crippen LogP contribution in [0.2, 0.25) is 0 Å². The highest BCUT2D eigenvalue weighted by Crippen LogP contribution is 2.44. The summed E-state index contributed by atoms with van der Waals surface area (Å²) in [7, 11) is -13.1. The second kappa shape index (κ2) is 73.9. The Morgan fingerprint density at radius 1 is 0.387 bits per heavy atom. The summed E-state index contributed by atoms with van der Waals surface area (Å²) in [5.74, 6) is -17.8. The molecule has 4 aliphatic heterocycles. The highest BCUT2D eigenvalue weighted by atomic mass is 31.2. The zero-order valence-corrected chi connectivity index (χ0v) is 87.1. The zero-order chi connectivity index (χ0) is 105. The van der Waals surface area contributed by atoms with Gasteiger partial charge in [0.05, 0.1) is 98.3 Å². The molecule has 0 unspecified atom stereocenters. The summed E-state index contributed by atoms with van der Waals surface area (Å²) in [4.78, 5) is 153. The SMILES string of the molecule is CCCCCCCCCCCCCCCC(=O)O[C@H](CCCCCCCCCCC)CC(=O)N[C@H]1[C@@H](OP(=O)([O-])[O-])O[C@H](CO[C@@H]2O[C@H](CO[C@]3(C(=O)[O-])C[C@@H](O[C@]4(C(=O)[O-])C[C@@H](O)[C@@H](O)[C@@H]([C@H](O)CO)O4)[C@@H](O)[C@@H]([C@H](O)CO)O3)[C@@H](OP(=O)([O-])[O-])[C@H](OC(=O)C[C@H](O)CCCCCCCCCCC)[C@H]2NC(=O)C[C@H](O)CCCCCCCCCCC)[C@@H](O)[C@@H]1OC(=O)C[C@H](O)CCCCCCCCCCC. The Morgan fingerprint density at radius 3 is 1.14 bits per heavy atom. The lowest BCUT2D eigenvalue weighted by molar-refractivity contribution is -0.420. The molecule has 4 heterocycles. The summed E-state index contributed by atoms with van der Waals surface area (Å²) in [6.07, 6.45) is -5.53. The number of hydrogen-bond acceptors (Lipinski definition) is 38. The van der Waals surface area contributed by atoms with Gasteiger partial charge in [-0.25, -0.2) is 0 Å². The van der Waals surface area contributed by atoms with Gasteiger partial charge in [-0.1, -0.05) is 336 Å². The molecule has 0 aromatic rings. The Bertz CT molecular complexity index is 3480. The number of aliphatic hydroxyl groups excluding tert-OH is 11. The Hall–Kier alpha value is -4.21. The summed E-state index contributed by atoms with van der Waals surface area (Å²) in [6.45, 7) is 4.86. The largest absolute Gasteiger partial charge is 0.790 e. The van der Waals surface area contributed by atoms with E-state index in [4.69, 9.17) is 56.4 Å². The van der Waals surface area contributed by atoms with Crippen molar-refractivity contribution in [2.24, 2.45) is 0 Å². The van der Waals surface area contributed by atoms with Crippen molar-refractivity contribution in [3.8, 4) is 0 Å². The van der Waals surface area contributed by atoms with E-state index in [1.807, 2.05) is 0 Å². The molecular formula is C100H178N2O38P2-6. The number of carbonyl (C=O) groups is 7. The molecule has 0 aromatic carbocycles. The van der Waals surface area contributed by atoms with Gasteiger partial charge in [0.15, 0.2) is 24.8 Å². The molecule has 4 saturated heterocycles. The standard InChI is InChI=1S/C100H184N2O38P2/c1-6-11-16-21-26-31-32-33-34-39-44-49-54-59-82(113)131-73(58-53-48-43-38-30-25-20-15-10-5)63-81(112)102-85-93(134-83(114)61-71(106)56-51-46-41-36-28-23-18-13-8-3)89(118)78(132-96(85)140-142(126,127)128)68-129-95-86(101-80(111)60-70(105)55-50-45-40-35-27-22-17-12-7-2)94(135-84(115)62-72(107)57-52-47-42-37-29-24-19-14-9-4)92(139-141(123,124)125)79(133-95)69-130-99(97(119)120)65-77(88(117)91(137-99)76(110)67-104)136-100(98(121)122)64-74(108)87(116)90(138-100)75(109)66-103/h70-79,85-96,103-110,116-118H,6-69H2,1-5H3,(H,101,111)(H,102,112)(H,119,120)(H,121,122)(H2,123,124,125)(H2,126,127,128)/p-6/t70-,71-,72-,73-,74-,75-,76-,77-,78-,79-,85-,86-,87-,88-,89-,90-,91-,92-,93-,94-,95-,96-,99-,100-/m1/s1. The Labute approximate surface area is 841 Å². The Morgan fingerprint density at radius 2 is 0.739 bits per heavy atom. The molecule has 2 amide bonds. The third-order valence-corrected chi connectivity index (χ3v) is 28.0. The van der Waals surface area contributed by atoms with E-state index in [-0.39, 0.29) is 32.1 Å². The number of hydrogen-bond donors (Lipinski definition) is 13. The minimum atomic E-state index is -6.65. The first-order valence-corrected chi connectivity index (χ1v) is 56.7. The predicted molar refractivity (Wildman–Crippen MR) is 508 cm³/mol. The van der Waals surface area contributed by atoms with Gasteiger partial charge in [0.1, 0.15) is 91.2 Å². The molecule has 4 rings (SSSR count). The van der Waals surface area contributed by atoms with E-state index in [2.05, 4.69) is 45.3 Å². The van der Waals surface area contributed by atoms with Gasteiger partial charge < -0.3 is 172 Å². The highest BCUT2D eigenvalue weighted by molar-refractivity contribution is 7.43. The van der Waals surface area contributed by atoms with E-state index in [0.29, 0.717) is 57.8 Å². The number of carboxylic acid groups (broad SMARTS) is 2. The molecule has 4 fully saturated rings. The summed E-state index contributed by atoms with van der Waals surface area (Å²) < 4.78 is 96.4. The van der Waals surface area contributed by atoms with Crippen molar-refractivity contribution in [2.45, 2.75) is 566 Å². The summed E-state index contributed by atoms with van der Waals surface area (Å²) in [6, 6.07) is -4.59. The molecule has 0 bridgehead atoms. The maximum absolute atomic E-state index is 14.9. The molecule has 832 valence electrons. The van der Waals surface area contributed by atoms with Gasteiger partial charge in [0.25, 0.3) is 0 Å². The first kappa shape index (κ1) is 130. The predicted octanol–water partition coefficient (Wildman–Crippen LogP) is 7.05. The first-order chi connectivity index (χ1) is 67.8. The second-order valence-corrected chi connectivity index (χ2v) is 41.8. The fourth-order valence-electron chi connectivity index (χ4n) is 18.8. The van der Waals surface area contributed by atoms with Gasteiger partial charge in [-0.2, -0.15) is 0 Å². The molecular weight excluding hydrogens is 1900 g/mol. The normalized spacial score (nSPS) is 26.3. The number of amides is 2. The van der Waals surface area contributed by atoms with Crippen LogP contribution in [0, 0.1) is 0 Å². The van der Waals surface area contributed by atoms with Crippen molar-refractivity contribution in [1.29, 1.82) is 0 Å². The van der Waals surface area contributed by atoms with Crippen LogP contribution >= 0.6 is 15.6 Å². The van der Waals surface area contributed by atoms with Crippen molar-refractivity contribution in [2.75, 3.05) is 26.4 Å². The maximum atomic E-state index is 14.9. The van der Waals surface area contributed by atoms with E-state index in [1.165, 1.54) is 38.5 Å². The van der Waals surface area contributed by atoms with Gasteiger partial charge in [0, 0.05) is 19.3 Å². The molecule has 0 radical (unpaired) electrons. The number of aliphatic carboxylic acids is 2. The topological polar surface area (TPSA) is 649 Å². The number of esters is 3. The summed E-state index contributed by atoms with van der Waals surface area (Å²) >= 11 is 0. The number of aliphatic hydroxyl groups is 11. The lowest BCUT2D eigenvalue weighted by Gasteiger charge is -2.53. The van der Waals surface area contributed by atoms with Crippen LogP contribution in [0.3, 0.4) is 0 Å². The van der Waals surface area contributed by atoms with Crippen molar-refractivity contribution in [3.63, 3.8) is 0 Å².